The number of hydrogen-bond acceptors (Lipinski definition) is 4. The second kappa shape index (κ2) is 10.2. The maximum atomic E-state index is 13.8. The molecule has 1 aliphatic carbocycles. The number of rotatable bonds is 5. The Kier molecular flexibility index (Phi) is 6.91. The molecule has 1 atom stereocenters. The van der Waals surface area contributed by atoms with Crippen LogP contribution in [-0.2, 0) is 9.53 Å². The maximum Gasteiger partial charge on any atom is 0.278 e. The van der Waals surface area contributed by atoms with Gasteiger partial charge in [0.1, 0.15) is 11.5 Å². The third-order valence-electron chi connectivity index (χ3n) is 6.82. The lowest BCUT2D eigenvalue weighted by Gasteiger charge is -2.40. The molecule has 2 heterocycles. The maximum absolute atomic E-state index is 13.8. The van der Waals surface area contributed by atoms with E-state index in [-0.39, 0.29) is 18.0 Å². The summed E-state index contributed by atoms with van der Waals surface area (Å²) in [6.07, 6.45) is 7.47. The average Bonchev–Trinajstić information content (AvgIpc) is 3.17. The Morgan fingerprint density at radius 1 is 0.970 bits per heavy atom. The first-order valence-electron chi connectivity index (χ1n) is 12.0. The molecule has 2 aromatic carbocycles. The third kappa shape index (κ3) is 4.77. The summed E-state index contributed by atoms with van der Waals surface area (Å²) >= 11 is 6.72. The lowest BCUT2D eigenvalue weighted by atomic mass is 9.92. The molecule has 5 rings (SSSR count). The zero-order chi connectivity index (χ0) is 22.6. The van der Waals surface area contributed by atoms with Crippen molar-refractivity contribution in [2.45, 2.75) is 44.2 Å². The summed E-state index contributed by atoms with van der Waals surface area (Å²) in [7, 11) is 0. The molecule has 0 N–H and O–H groups in total. The van der Waals surface area contributed by atoms with Crippen molar-refractivity contribution < 1.29 is 9.53 Å². The van der Waals surface area contributed by atoms with Crippen LogP contribution in [0.2, 0.25) is 5.02 Å². The van der Waals surface area contributed by atoms with Gasteiger partial charge in [0.05, 0.1) is 19.3 Å². The average molecular weight is 464 g/mol. The Hall–Kier alpha value is -2.47. The van der Waals surface area contributed by atoms with Crippen molar-refractivity contribution in [3.05, 3.63) is 76.4 Å². The zero-order valence-corrected chi connectivity index (χ0v) is 19.6. The summed E-state index contributed by atoms with van der Waals surface area (Å²) < 4.78 is 5.64. The lowest BCUT2D eigenvalue weighted by molar-refractivity contribution is -0.124. The molecule has 1 saturated carbocycles. The van der Waals surface area contributed by atoms with E-state index in [1.165, 1.54) is 6.42 Å². The molecule has 2 fully saturated rings. The fourth-order valence-electron chi connectivity index (χ4n) is 5.17. The number of amides is 1. The number of carbonyl (C=O) groups excluding carboxylic acids is 1. The number of nitrogens with zero attached hydrogens (tertiary/aromatic N) is 3. The van der Waals surface area contributed by atoms with Crippen LogP contribution in [0.1, 0.15) is 49.3 Å². The van der Waals surface area contributed by atoms with Crippen LogP contribution in [0.25, 0.3) is 6.08 Å². The molecule has 0 bridgehead atoms. The van der Waals surface area contributed by atoms with Crippen molar-refractivity contribution in [3.63, 3.8) is 0 Å². The first-order chi connectivity index (χ1) is 16.2. The van der Waals surface area contributed by atoms with Crippen LogP contribution in [0.4, 0.5) is 0 Å². The van der Waals surface area contributed by atoms with E-state index in [2.05, 4.69) is 11.0 Å². The standard InChI is InChI=1S/C27H30ClN3O2/c28-23-14-8-7-13-22(23)25(30-15-17-33-18-16-30)26-29-24(19-20-9-3-1-4-10-20)27(32)31(26)21-11-5-2-6-12-21/h1,3-4,7-10,13-14,19,21,25H,2,5-6,11-12,15-18H2/b24-19-. The molecule has 0 spiro atoms. The highest BCUT2D eigenvalue weighted by molar-refractivity contribution is 6.31. The second-order valence-corrected chi connectivity index (χ2v) is 9.36. The minimum absolute atomic E-state index is 0.00562. The van der Waals surface area contributed by atoms with Crippen LogP contribution >= 0.6 is 11.6 Å². The normalized spacial score (nSPS) is 22.6. The van der Waals surface area contributed by atoms with Gasteiger partial charge in [0.2, 0.25) is 0 Å². The third-order valence-corrected chi connectivity index (χ3v) is 7.16. The Labute approximate surface area is 200 Å². The number of amidine groups is 1. The van der Waals surface area contributed by atoms with E-state index in [0.29, 0.717) is 23.9 Å². The van der Waals surface area contributed by atoms with E-state index in [0.717, 1.165) is 55.7 Å². The van der Waals surface area contributed by atoms with Crippen LogP contribution in [0.15, 0.2) is 65.3 Å². The molecular formula is C27H30ClN3O2. The number of halogens is 1. The highest BCUT2D eigenvalue weighted by atomic mass is 35.5. The summed E-state index contributed by atoms with van der Waals surface area (Å²) in [4.78, 5) is 23.2. The van der Waals surface area contributed by atoms with Crippen molar-refractivity contribution >= 4 is 29.4 Å². The Balaban J connectivity index is 1.61. The van der Waals surface area contributed by atoms with Crippen molar-refractivity contribution in [1.82, 2.24) is 9.80 Å². The fourth-order valence-corrected chi connectivity index (χ4v) is 5.41. The summed E-state index contributed by atoms with van der Waals surface area (Å²) in [5.41, 5.74) is 2.48. The van der Waals surface area contributed by atoms with Crippen molar-refractivity contribution in [2.24, 2.45) is 4.99 Å². The molecule has 6 heteroatoms. The van der Waals surface area contributed by atoms with Gasteiger partial charge in [0, 0.05) is 24.2 Å². The lowest BCUT2D eigenvalue weighted by Crippen LogP contribution is -2.50. The van der Waals surface area contributed by atoms with E-state index in [9.17, 15) is 4.79 Å². The molecule has 1 amide bonds. The monoisotopic (exact) mass is 463 g/mol. The largest absolute Gasteiger partial charge is 0.379 e. The fraction of sp³-hybridized carbons (Fsp3) is 0.407. The highest BCUT2D eigenvalue weighted by Gasteiger charge is 2.42. The van der Waals surface area contributed by atoms with Gasteiger partial charge < -0.3 is 4.74 Å². The number of carbonyl (C=O) groups is 1. The topological polar surface area (TPSA) is 45.1 Å². The van der Waals surface area contributed by atoms with Gasteiger partial charge in [0.15, 0.2) is 0 Å². The first-order valence-corrected chi connectivity index (χ1v) is 12.4. The van der Waals surface area contributed by atoms with E-state index < -0.39 is 0 Å². The number of morpholine rings is 1. The van der Waals surface area contributed by atoms with Gasteiger partial charge in [-0.2, -0.15) is 0 Å². The molecule has 33 heavy (non-hydrogen) atoms. The van der Waals surface area contributed by atoms with Gasteiger partial charge in [0.25, 0.3) is 5.91 Å². The van der Waals surface area contributed by atoms with Gasteiger partial charge in [-0.15, -0.1) is 0 Å². The van der Waals surface area contributed by atoms with E-state index in [1.807, 2.05) is 59.5 Å². The molecule has 172 valence electrons. The molecule has 5 nitrogen and oxygen atoms in total. The van der Waals surface area contributed by atoms with Gasteiger partial charge >= 0.3 is 0 Å². The number of hydrogen-bond donors (Lipinski definition) is 0. The Bertz CT molecular complexity index is 1040. The molecule has 2 aromatic rings. The van der Waals surface area contributed by atoms with Crippen molar-refractivity contribution in [2.75, 3.05) is 26.3 Å². The van der Waals surface area contributed by atoms with E-state index in [1.54, 1.807) is 0 Å². The van der Waals surface area contributed by atoms with Crippen LogP contribution in [0, 0.1) is 0 Å². The van der Waals surface area contributed by atoms with Crippen LogP contribution in [-0.4, -0.2) is 53.9 Å². The second-order valence-electron chi connectivity index (χ2n) is 8.95. The summed E-state index contributed by atoms with van der Waals surface area (Å²) in [5, 5.41) is 0.702. The van der Waals surface area contributed by atoms with E-state index in [4.69, 9.17) is 21.3 Å². The minimum atomic E-state index is -0.185. The van der Waals surface area contributed by atoms with Crippen LogP contribution < -0.4 is 0 Å². The molecule has 2 aliphatic heterocycles. The molecule has 1 unspecified atom stereocenters. The number of benzene rings is 2. The summed E-state index contributed by atoms with van der Waals surface area (Å²) in [5.74, 6) is 0.815. The zero-order valence-electron chi connectivity index (χ0n) is 18.8. The Morgan fingerprint density at radius 3 is 2.39 bits per heavy atom. The van der Waals surface area contributed by atoms with Gasteiger partial charge in [-0.1, -0.05) is 79.4 Å². The van der Waals surface area contributed by atoms with Gasteiger partial charge in [-0.3, -0.25) is 14.6 Å². The molecule has 1 saturated heterocycles. The quantitative estimate of drug-likeness (QED) is 0.563. The minimum Gasteiger partial charge on any atom is -0.379 e. The summed E-state index contributed by atoms with van der Waals surface area (Å²) in [6, 6.07) is 17.9. The smallest absolute Gasteiger partial charge is 0.278 e. The molecule has 3 aliphatic rings. The number of aliphatic imine (C=N–C) groups is 1. The first kappa shape index (κ1) is 22.3. The predicted molar refractivity (Wildman–Crippen MR) is 132 cm³/mol. The SMILES string of the molecule is O=C1/C(=C/c2ccccc2)N=C(C(c2ccccc2Cl)N2CCOCC2)N1C1CCCCC1. The molecule has 0 aromatic heterocycles. The van der Waals surface area contributed by atoms with Gasteiger partial charge in [-0.05, 0) is 36.1 Å². The van der Waals surface area contributed by atoms with Crippen LogP contribution in [0.3, 0.4) is 0 Å². The molecular weight excluding hydrogens is 434 g/mol. The molecule has 0 radical (unpaired) electrons. The highest BCUT2D eigenvalue weighted by Crippen LogP contribution is 2.37. The van der Waals surface area contributed by atoms with Crippen molar-refractivity contribution in [3.8, 4) is 0 Å². The Morgan fingerprint density at radius 2 is 1.67 bits per heavy atom. The number of ether oxygens (including phenoxy) is 1. The predicted octanol–water partition coefficient (Wildman–Crippen LogP) is 5.33. The summed E-state index contributed by atoms with van der Waals surface area (Å²) in [6.45, 7) is 2.88. The van der Waals surface area contributed by atoms with Gasteiger partial charge in [-0.25, -0.2) is 4.99 Å². The van der Waals surface area contributed by atoms with E-state index >= 15 is 0 Å². The van der Waals surface area contributed by atoms with Crippen LogP contribution in [0.5, 0.6) is 0 Å². The van der Waals surface area contributed by atoms with Crippen molar-refractivity contribution in [1.29, 1.82) is 0 Å².